The van der Waals surface area contributed by atoms with Gasteiger partial charge in [-0.05, 0) is 25.3 Å². The average molecular weight is 426 g/mol. The number of carbonyl (C=O) groups excluding carboxylic acids is 1. The van der Waals surface area contributed by atoms with Gasteiger partial charge in [-0.1, -0.05) is 69.2 Å². The Morgan fingerprint density at radius 1 is 1.00 bits per heavy atom. The first-order valence-corrected chi connectivity index (χ1v) is 10.5. The van der Waals surface area contributed by atoms with Crippen LogP contribution in [-0.2, 0) is 22.2 Å². The van der Waals surface area contributed by atoms with E-state index in [0.29, 0.717) is 35.8 Å². The second kappa shape index (κ2) is 8.61. The zero-order chi connectivity index (χ0) is 22.8. The lowest BCUT2D eigenvalue weighted by atomic mass is 9.97. The highest BCUT2D eigenvalue weighted by molar-refractivity contribution is 5.77. The van der Waals surface area contributed by atoms with E-state index in [2.05, 4.69) is 51.6 Å². The van der Waals surface area contributed by atoms with E-state index < -0.39 is 5.54 Å². The number of nitrogens with zero attached hydrogens (tertiary/aromatic N) is 4. The van der Waals surface area contributed by atoms with E-state index in [4.69, 9.17) is 9.05 Å². The molecule has 1 amide bonds. The quantitative estimate of drug-likeness (QED) is 0.593. The summed E-state index contributed by atoms with van der Waals surface area (Å²) >= 11 is 0. The second-order valence-corrected chi connectivity index (χ2v) is 9.63. The molecule has 31 heavy (non-hydrogen) atoms. The molecule has 0 unspecified atom stereocenters. The number of carbonyl (C=O) groups is 1. The maximum Gasteiger partial charge on any atom is 0.232 e. The van der Waals surface area contributed by atoms with E-state index in [1.165, 1.54) is 5.56 Å². The van der Waals surface area contributed by atoms with Gasteiger partial charge in [0.05, 0.1) is 5.54 Å². The smallest absolute Gasteiger partial charge is 0.232 e. The van der Waals surface area contributed by atoms with Crippen LogP contribution in [0.15, 0.2) is 33.3 Å². The van der Waals surface area contributed by atoms with Gasteiger partial charge in [-0.15, -0.1) is 0 Å². The van der Waals surface area contributed by atoms with Gasteiger partial charge in [0.15, 0.2) is 5.82 Å². The molecule has 0 atom stereocenters. The lowest BCUT2D eigenvalue weighted by Gasteiger charge is -2.22. The summed E-state index contributed by atoms with van der Waals surface area (Å²) in [5.41, 5.74) is 1.12. The Hall–Kier alpha value is -3.03. The number of hydrogen-bond acceptors (Lipinski definition) is 7. The number of hydrogen-bond donors (Lipinski definition) is 1. The van der Waals surface area contributed by atoms with Crippen molar-refractivity contribution in [2.45, 2.75) is 78.2 Å². The standard InChI is InChI=1S/C23H31N5O3/c1-14(2)15-8-10-16(11-9-15)19-24-18(30-27-19)13-12-17(29)26-23(6,7)20-25-21(31-28-20)22(3,4)5/h8-11,14H,12-13H2,1-7H3,(H,26,29). The van der Waals surface area contributed by atoms with Crippen LogP contribution in [0.5, 0.6) is 0 Å². The van der Waals surface area contributed by atoms with Crippen molar-refractivity contribution in [2.24, 2.45) is 0 Å². The highest BCUT2D eigenvalue weighted by Crippen LogP contribution is 2.24. The first-order chi connectivity index (χ1) is 14.5. The third-order valence-corrected chi connectivity index (χ3v) is 4.95. The first-order valence-electron chi connectivity index (χ1n) is 10.5. The average Bonchev–Trinajstić information content (AvgIpc) is 3.36. The SMILES string of the molecule is CC(C)c1ccc(-c2noc(CCC(=O)NC(C)(C)c3noc(C(C)(C)C)n3)n2)cc1. The monoisotopic (exact) mass is 425 g/mol. The summed E-state index contributed by atoms with van der Waals surface area (Å²) in [4.78, 5) is 21.4. The van der Waals surface area contributed by atoms with E-state index in [9.17, 15) is 4.79 Å². The van der Waals surface area contributed by atoms with Gasteiger partial charge in [0.25, 0.3) is 0 Å². The van der Waals surface area contributed by atoms with Crippen molar-refractivity contribution in [3.63, 3.8) is 0 Å². The molecule has 166 valence electrons. The molecule has 0 aliphatic carbocycles. The van der Waals surface area contributed by atoms with Crippen molar-refractivity contribution >= 4 is 5.91 Å². The van der Waals surface area contributed by atoms with Gasteiger partial charge in [0.1, 0.15) is 0 Å². The fourth-order valence-corrected chi connectivity index (χ4v) is 2.96. The Balaban J connectivity index is 1.58. The van der Waals surface area contributed by atoms with Crippen molar-refractivity contribution in [3.05, 3.63) is 47.4 Å². The van der Waals surface area contributed by atoms with Gasteiger partial charge in [-0.3, -0.25) is 4.79 Å². The van der Waals surface area contributed by atoms with E-state index in [0.717, 1.165) is 5.56 Å². The fraction of sp³-hybridized carbons (Fsp3) is 0.522. The molecule has 2 aromatic heterocycles. The number of rotatable bonds is 7. The molecule has 1 N–H and O–H groups in total. The summed E-state index contributed by atoms with van der Waals surface area (Å²) in [6, 6.07) is 8.09. The maximum atomic E-state index is 12.5. The van der Waals surface area contributed by atoms with E-state index in [-0.39, 0.29) is 17.7 Å². The largest absolute Gasteiger partial charge is 0.344 e. The zero-order valence-corrected chi connectivity index (χ0v) is 19.3. The molecule has 0 bridgehead atoms. The number of aryl methyl sites for hydroxylation is 1. The molecule has 3 aromatic rings. The van der Waals surface area contributed by atoms with Crippen LogP contribution in [0.4, 0.5) is 0 Å². The molecular weight excluding hydrogens is 394 g/mol. The van der Waals surface area contributed by atoms with Crippen molar-refractivity contribution in [2.75, 3.05) is 0 Å². The van der Waals surface area contributed by atoms with Gasteiger partial charge in [-0.2, -0.15) is 9.97 Å². The molecule has 0 aliphatic heterocycles. The fourth-order valence-electron chi connectivity index (χ4n) is 2.96. The minimum atomic E-state index is -0.762. The van der Waals surface area contributed by atoms with Crippen LogP contribution in [0.25, 0.3) is 11.4 Å². The van der Waals surface area contributed by atoms with E-state index in [1.54, 1.807) is 0 Å². The van der Waals surface area contributed by atoms with Gasteiger partial charge in [0.2, 0.25) is 23.5 Å². The Bertz CT molecular complexity index is 1030. The normalized spacial score (nSPS) is 12.4. The molecule has 0 radical (unpaired) electrons. The second-order valence-electron chi connectivity index (χ2n) is 9.63. The minimum Gasteiger partial charge on any atom is -0.344 e. The Morgan fingerprint density at radius 2 is 1.68 bits per heavy atom. The van der Waals surface area contributed by atoms with Crippen molar-refractivity contribution in [1.82, 2.24) is 25.6 Å². The molecule has 1 aromatic carbocycles. The summed E-state index contributed by atoms with van der Waals surface area (Å²) in [6.45, 7) is 14.0. The molecule has 3 rings (SSSR count). The van der Waals surface area contributed by atoms with Crippen LogP contribution < -0.4 is 5.32 Å². The molecule has 0 saturated heterocycles. The Morgan fingerprint density at radius 3 is 2.26 bits per heavy atom. The van der Waals surface area contributed by atoms with Crippen molar-refractivity contribution in [3.8, 4) is 11.4 Å². The molecule has 2 heterocycles. The minimum absolute atomic E-state index is 0.159. The topological polar surface area (TPSA) is 107 Å². The summed E-state index contributed by atoms with van der Waals surface area (Å²) in [5, 5.41) is 11.0. The van der Waals surface area contributed by atoms with Crippen molar-refractivity contribution < 1.29 is 13.8 Å². The zero-order valence-electron chi connectivity index (χ0n) is 19.3. The number of benzene rings is 1. The summed E-state index contributed by atoms with van der Waals surface area (Å²) < 4.78 is 10.7. The van der Waals surface area contributed by atoms with Crippen molar-refractivity contribution in [1.29, 1.82) is 0 Å². The van der Waals surface area contributed by atoms with Crippen LogP contribution in [0.2, 0.25) is 0 Å². The predicted molar refractivity (Wildman–Crippen MR) is 116 cm³/mol. The lowest BCUT2D eigenvalue weighted by molar-refractivity contribution is -0.122. The predicted octanol–water partition coefficient (Wildman–Crippen LogP) is 4.52. The van der Waals surface area contributed by atoms with E-state index in [1.807, 2.05) is 46.8 Å². The first kappa shape index (κ1) is 22.7. The van der Waals surface area contributed by atoms with Crippen LogP contribution in [-0.4, -0.2) is 26.2 Å². The number of amides is 1. The highest BCUT2D eigenvalue weighted by atomic mass is 16.5. The van der Waals surface area contributed by atoms with Crippen LogP contribution in [0.1, 0.15) is 84.0 Å². The van der Waals surface area contributed by atoms with E-state index >= 15 is 0 Å². The number of aromatic nitrogens is 4. The molecule has 8 heteroatoms. The molecule has 0 fully saturated rings. The molecule has 0 spiro atoms. The third kappa shape index (κ3) is 5.57. The summed E-state index contributed by atoms with van der Waals surface area (Å²) in [5.74, 6) is 2.22. The van der Waals surface area contributed by atoms with Gasteiger partial charge in [-0.25, -0.2) is 0 Å². The third-order valence-electron chi connectivity index (χ3n) is 4.95. The molecule has 0 aliphatic rings. The van der Waals surface area contributed by atoms with Crippen LogP contribution in [0.3, 0.4) is 0 Å². The highest BCUT2D eigenvalue weighted by Gasteiger charge is 2.31. The van der Waals surface area contributed by atoms with Crippen LogP contribution >= 0.6 is 0 Å². The van der Waals surface area contributed by atoms with Gasteiger partial charge >= 0.3 is 0 Å². The molecule has 8 nitrogen and oxygen atoms in total. The summed E-state index contributed by atoms with van der Waals surface area (Å²) in [6.07, 6.45) is 0.555. The van der Waals surface area contributed by atoms with Gasteiger partial charge < -0.3 is 14.4 Å². The number of nitrogens with one attached hydrogen (secondary N) is 1. The Kier molecular flexibility index (Phi) is 6.29. The maximum absolute atomic E-state index is 12.5. The summed E-state index contributed by atoms with van der Waals surface area (Å²) in [7, 11) is 0. The molecular formula is C23H31N5O3. The van der Waals surface area contributed by atoms with Crippen LogP contribution in [0, 0.1) is 0 Å². The Labute approximate surface area is 182 Å². The molecule has 0 saturated carbocycles. The van der Waals surface area contributed by atoms with Gasteiger partial charge in [0, 0.05) is 23.8 Å². The lowest BCUT2D eigenvalue weighted by Crippen LogP contribution is -2.42.